The molecule has 2 N–H and O–H groups in total. The number of benzene rings is 1. The fourth-order valence-corrected chi connectivity index (χ4v) is 1.24. The Balaban J connectivity index is 2.99. The highest BCUT2D eigenvalue weighted by Gasteiger charge is 2.08. The fourth-order valence-electron chi connectivity index (χ4n) is 1.24. The first kappa shape index (κ1) is 12.8. The molecule has 0 fully saturated rings. The minimum Gasteiger partial charge on any atom is -0.493 e. The van der Waals surface area contributed by atoms with Crippen LogP contribution < -0.4 is 15.2 Å². The summed E-state index contributed by atoms with van der Waals surface area (Å²) in [7, 11) is 2.98. The molecular weight excluding hydrogens is 222 g/mol. The van der Waals surface area contributed by atoms with E-state index in [1.54, 1.807) is 12.1 Å². The lowest BCUT2D eigenvalue weighted by Gasteiger charge is -2.07. The van der Waals surface area contributed by atoms with E-state index < -0.39 is 5.91 Å². The van der Waals surface area contributed by atoms with Gasteiger partial charge in [0.05, 0.1) is 14.2 Å². The molecule has 0 unspecified atom stereocenters. The van der Waals surface area contributed by atoms with Gasteiger partial charge in [-0.1, -0.05) is 0 Å². The number of rotatable bonds is 5. The Kier molecular flexibility index (Phi) is 4.28. The van der Waals surface area contributed by atoms with Gasteiger partial charge in [0.2, 0.25) is 5.91 Å². The zero-order valence-electron chi connectivity index (χ0n) is 9.60. The lowest BCUT2D eigenvalue weighted by Crippen LogP contribution is -2.07. The van der Waals surface area contributed by atoms with Crippen molar-refractivity contribution < 1.29 is 19.1 Å². The molecule has 17 heavy (non-hydrogen) atoms. The summed E-state index contributed by atoms with van der Waals surface area (Å²) in [4.78, 5) is 22.1. The number of methoxy groups -OCH3 is 2. The summed E-state index contributed by atoms with van der Waals surface area (Å²) < 4.78 is 10.1. The molecule has 0 bridgehead atoms. The summed E-state index contributed by atoms with van der Waals surface area (Å²) in [5.41, 5.74) is 5.29. The molecule has 0 saturated heterocycles. The monoisotopic (exact) mass is 235 g/mol. The van der Waals surface area contributed by atoms with Crippen LogP contribution in [-0.4, -0.2) is 25.9 Å². The number of hydrogen-bond donors (Lipinski definition) is 1. The van der Waals surface area contributed by atoms with E-state index in [-0.39, 0.29) is 5.78 Å². The van der Waals surface area contributed by atoms with Gasteiger partial charge < -0.3 is 15.2 Å². The van der Waals surface area contributed by atoms with E-state index in [4.69, 9.17) is 15.2 Å². The highest BCUT2D eigenvalue weighted by molar-refractivity contribution is 6.07. The molecule has 0 heterocycles. The SMILES string of the molecule is COc1ccc(C(=O)C=CC(N)=O)cc1OC. The van der Waals surface area contributed by atoms with Crippen LogP contribution in [0.15, 0.2) is 30.4 Å². The molecule has 0 aliphatic carbocycles. The Morgan fingerprint density at radius 2 is 1.76 bits per heavy atom. The van der Waals surface area contributed by atoms with Gasteiger partial charge in [0.1, 0.15) is 0 Å². The summed E-state index contributed by atoms with van der Waals surface area (Å²) in [6, 6.07) is 4.73. The number of carbonyl (C=O) groups is 2. The Labute approximate surface area is 98.8 Å². The van der Waals surface area contributed by atoms with Gasteiger partial charge in [-0.05, 0) is 24.3 Å². The first-order valence-corrected chi connectivity index (χ1v) is 4.82. The zero-order valence-corrected chi connectivity index (χ0v) is 9.60. The molecule has 1 aromatic rings. The van der Waals surface area contributed by atoms with Crippen LogP contribution in [0.5, 0.6) is 11.5 Å². The van der Waals surface area contributed by atoms with Crippen LogP contribution >= 0.6 is 0 Å². The van der Waals surface area contributed by atoms with Crippen molar-refractivity contribution in [1.82, 2.24) is 0 Å². The molecule has 5 nitrogen and oxygen atoms in total. The highest BCUT2D eigenvalue weighted by atomic mass is 16.5. The van der Waals surface area contributed by atoms with Crippen molar-refractivity contribution in [1.29, 1.82) is 0 Å². The first-order valence-electron chi connectivity index (χ1n) is 4.82. The molecule has 1 aromatic carbocycles. The Morgan fingerprint density at radius 3 is 2.29 bits per heavy atom. The highest BCUT2D eigenvalue weighted by Crippen LogP contribution is 2.27. The van der Waals surface area contributed by atoms with E-state index in [0.717, 1.165) is 12.2 Å². The summed E-state index contributed by atoms with van der Waals surface area (Å²) in [6.45, 7) is 0. The molecule has 5 heteroatoms. The number of nitrogens with two attached hydrogens (primary N) is 1. The van der Waals surface area contributed by atoms with E-state index >= 15 is 0 Å². The summed E-state index contributed by atoms with van der Waals surface area (Å²) in [5, 5.41) is 0. The fraction of sp³-hybridized carbons (Fsp3) is 0.167. The van der Waals surface area contributed by atoms with Crippen molar-refractivity contribution in [3.05, 3.63) is 35.9 Å². The van der Waals surface area contributed by atoms with Gasteiger partial charge in [-0.15, -0.1) is 0 Å². The van der Waals surface area contributed by atoms with Gasteiger partial charge in [-0.25, -0.2) is 0 Å². The standard InChI is InChI=1S/C12H13NO4/c1-16-10-5-3-8(7-11(10)17-2)9(14)4-6-12(13)15/h3-7H,1-2H3,(H2,13,15). The maximum atomic E-state index is 11.6. The Morgan fingerprint density at radius 1 is 1.12 bits per heavy atom. The predicted octanol–water partition coefficient (Wildman–Crippen LogP) is 0.928. The maximum absolute atomic E-state index is 11.6. The molecule has 0 radical (unpaired) electrons. The first-order chi connectivity index (χ1) is 8.08. The summed E-state index contributed by atoms with van der Waals surface area (Å²) in [6.07, 6.45) is 2.13. The predicted molar refractivity (Wildman–Crippen MR) is 62.2 cm³/mol. The maximum Gasteiger partial charge on any atom is 0.241 e. The van der Waals surface area contributed by atoms with Crippen LogP contribution in [0.1, 0.15) is 10.4 Å². The van der Waals surface area contributed by atoms with Crippen LogP contribution in [0.4, 0.5) is 0 Å². The molecule has 1 rings (SSSR count). The second kappa shape index (κ2) is 5.69. The van der Waals surface area contributed by atoms with Gasteiger partial charge in [0.25, 0.3) is 0 Å². The minimum atomic E-state index is -0.668. The van der Waals surface area contributed by atoms with Crippen LogP contribution in [0.3, 0.4) is 0 Å². The third-order valence-electron chi connectivity index (χ3n) is 2.07. The second-order valence-electron chi connectivity index (χ2n) is 3.17. The molecule has 0 atom stereocenters. The topological polar surface area (TPSA) is 78.6 Å². The number of amides is 1. The Hall–Kier alpha value is -2.30. The van der Waals surface area contributed by atoms with Crippen molar-refractivity contribution in [3.8, 4) is 11.5 Å². The molecule has 1 amide bonds. The van der Waals surface area contributed by atoms with Gasteiger partial charge >= 0.3 is 0 Å². The van der Waals surface area contributed by atoms with Crippen LogP contribution in [0, 0.1) is 0 Å². The van der Waals surface area contributed by atoms with Gasteiger partial charge in [-0.3, -0.25) is 9.59 Å². The van der Waals surface area contributed by atoms with Crippen molar-refractivity contribution in [3.63, 3.8) is 0 Å². The van der Waals surface area contributed by atoms with Crippen molar-refractivity contribution in [2.45, 2.75) is 0 Å². The number of primary amides is 1. The van der Waals surface area contributed by atoms with E-state index in [0.29, 0.717) is 17.1 Å². The van der Waals surface area contributed by atoms with E-state index in [1.807, 2.05) is 0 Å². The van der Waals surface area contributed by atoms with Gasteiger partial charge in [-0.2, -0.15) is 0 Å². The van der Waals surface area contributed by atoms with Gasteiger partial charge in [0.15, 0.2) is 17.3 Å². The zero-order chi connectivity index (χ0) is 12.8. The van der Waals surface area contributed by atoms with Crippen LogP contribution in [0.2, 0.25) is 0 Å². The van der Waals surface area contributed by atoms with E-state index in [1.165, 1.54) is 20.3 Å². The Bertz CT molecular complexity index is 466. The quantitative estimate of drug-likeness (QED) is 0.608. The smallest absolute Gasteiger partial charge is 0.241 e. The molecule has 0 saturated carbocycles. The lowest BCUT2D eigenvalue weighted by atomic mass is 10.1. The van der Waals surface area contributed by atoms with Gasteiger partial charge in [0, 0.05) is 11.6 Å². The van der Waals surface area contributed by atoms with Crippen LogP contribution in [0.25, 0.3) is 0 Å². The number of carbonyl (C=O) groups excluding carboxylic acids is 2. The lowest BCUT2D eigenvalue weighted by molar-refractivity contribution is -0.113. The number of allylic oxidation sites excluding steroid dienone is 1. The van der Waals surface area contributed by atoms with Crippen molar-refractivity contribution >= 4 is 11.7 Å². The molecule has 0 aliphatic rings. The average Bonchev–Trinajstić information content (AvgIpc) is 2.34. The molecule has 0 aliphatic heterocycles. The minimum absolute atomic E-state index is 0.329. The summed E-state index contributed by atoms with van der Waals surface area (Å²) in [5.74, 6) is -0.0164. The largest absolute Gasteiger partial charge is 0.493 e. The number of ketones is 1. The van der Waals surface area contributed by atoms with Crippen molar-refractivity contribution in [2.75, 3.05) is 14.2 Å². The number of hydrogen-bond acceptors (Lipinski definition) is 4. The third-order valence-corrected chi connectivity index (χ3v) is 2.07. The normalized spacial score (nSPS) is 10.2. The molecular formula is C12H13NO4. The molecule has 0 aromatic heterocycles. The number of ether oxygens (including phenoxy) is 2. The second-order valence-corrected chi connectivity index (χ2v) is 3.17. The van der Waals surface area contributed by atoms with E-state index in [9.17, 15) is 9.59 Å². The average molecular weight is 235 g/mol. The van der Waals surface area contributed by atoms with Crippen LogP contribution in [-0.2, 0) is 4.79 Å². The van der Waals surface area contributed by atoms with Crippen molar-refractivity contribution in [2.24, 2.45) is 5.73 Å². The molecule has 90 valence electrons. The summed E-state index contributed by atoms with van der Waals surface area (Å²) >= 11 is 0. The van der Waals surface area contributed by atoms with E-state index in [2.05, 4.69) is 0 Å². The molecule has 0 spiro atoms. The third kappa shape index (κ3) is 3.34.